The lowest BCUT2D eigenvalue weighted by Gasteiger charge is -2.04. The highest BCUT2D eigenvalue weighted by Crippen LogP contribution is 2.18. The molecular formula is C10H13N3O. The van der Waals surface area contributed by atoms with E-state index in [1.807, 2.05) is 24.5 Å². The van der Waals surface area contributed by atoms with E-state index in [-0.39, 0.29) is 0 Å². The molecular weight excluding hydrogens is 178 g/mol. The van der Waals surface area contributed by atoms with Crippen LogP contribution >= 0.6 is 0 Å². The maximum Gasteiger partial charge on any atom is 0.180 e. The van der Waals surface area contributed by atoms with Gasteiger partial charge in [-0.15, -0.1) is 0 Å². The Morgan fingerprint density at radius 2 is 2.29 bits per heavy atom. The summed E-state index contributed by atoms with van der Waals surface area (Å²) in [6, 6.07) is 3.91. The van der Waals surface area contributed by atoms with Crippen LogP contribution in [0.1, 0.15) is 17.0 Å². The molecule has 4 nitrogen and oxygen atoms in total. The fourth-order valence-electron chi connectivity index (χ4n) is 1.71. The third-order valence-corrected chi connectivity index (χ3v) is 2.41. The third-order valence-electron chi connectivity index (χ3n) is 2.41. The van der Waals surface area contributed by atoms with Crippen molar-refractivity contribution in [1.29, 1.82) is 0 Å². The number of aryl methyl sites for hydroxylation is 1. The Hall–Kier alpha value is -1.55. The van der Waals surface area contributed by atoms with Gasteiger partial charge in [-0.2, -0.15) is 0 Å². The molecule has 4 heteroatoms. The Bertz CT molecular complexity index is 428. The van der Waals surface area contributed by atoms with Gasteiger partial charge in [0.2, 0.25) is 0 Å². The van der Waals surface area contributed by atoms with Gasteiger partial charge in [0.1, 0.15) is 6.26 Å². The van der Waals surface area contributed by atoms with E-state index in [4.69, 9.17) is 10.3 Å². The molecule has 0 aromatic carbocycles. The summed E-state index contributed by atoms with van der Waals surface area (Å²) in [6.45, 7) is 4.61. The van der Waals surface area contributed by atoms with Crippen LogP contribution in [0.3, 0.4) is 0 Å². The Balaban J connectivity index is 2.58. The van der Waals surface area contributed by atoms with E-state index in [1.165, 1.54) is 0 Å². The van der Waals surface area contributed by atoms with Crippen molar-refractivity contribution in [2.24, 2.45) is 5.73 Å². The first-order valence-electron chi connectivity index (χ1n) is 4.52. The fraction of sp³-hybridized carbons (Fsp3) is 0.300. The van der Waals surface area contributed by atoms with Gasteiger partial charge >= 0.3 is 0 Å². The SMILES string of the molecule is Cc1cc(CN)c(C)n1-c1ccon1. The number of nitrogens with zero attached hydrogens (tertiary/aromatic N) is 2. The molecule has 0 unspecified atom stereocenters. The Labute approximate surface area is 82.3 Å². The molecule has 0 amide bonds. The first-order valence-corrected chi connectivity index (χ1v) is 4.52. The zero-order valence-electron chi connectivity index (χ0n) is 8.32. The van der Waals surface area contributed by atoms with Crippen molar-refractivity contribution in [3.8, 4) is 5.82 Å². The van der Waals surface area contributed by atoms with E-state index in [2.05, 4.69) is 11.2 Å². The van der Waals surface area contributed by atoms with Crippen molar-refractivity contribution in [3.05, 3.63) is 35.3 Å². The molecule has 2 aromatic heterocycles. The molecule has 2 heterocycles. The average Bonchev–Trinajstić information content (AvgIpc) is 2.74. The summed E-state index contributed by atoms with van der Waals surface area (Å²) in [5.41, 5.74) is 9.02. The van der Waals surface area contributed by atoms with Crippen molar-refractivity contribution < 1.29 is 4.52 Å². The maximum atomic E-state index is 5.63. The van der Waals surface area contributed by atoms with Crippen molar-refractivity contribution in [3.63, 3.8) is 0 Å². The molecule has 0 spiro atoms. The van der Waals surface area contributed by atoms with Gasteiger partial charge in [0.05, 0.1) is 0 Å². The summed E-state index contributed by atoms with van der Waals surface area (Å²) in [4.78, 5) is 0. The largest absolute Gasteiger partial charge is 0.363 e. The molecule has 74 valence electrons. The minimum Gasteiger partial charge on any atom is -0.363 e. The third kappa shape index (κ3) is 1.24. The van der Waals surface area contributed by atoms with Gasteiger partial charge < -0.3 is 14.8 Å². The second-order valence-corrected chi connectivity index (χ2v) is 3.29. The summed E-state index contributed by atoms with van der Waals surface area (Å²) in [5, 5.41) is 3.90. The van der Waals surface area contributed by atoms with E-state index < -0.39 is 0 Å². The lowest BCUT2D eigenvalue weighted by molar-refractivity contribution is 0.416. The molecule has 2 rings (SSSR count). The Kier molecular flexibility index (Phi) is 2.13. The van der Waals surface area contributed by atoms with E-state index in [0.717, 1.165) is 22.8 Å². The number of hydrogen-bond acceptors (Lipinski definition) is 3. The van der Waals surface area contributed by atoms with Gasteiger partial charge in [0, 0.05) is 24.0 Å². The molecule has 2 N–H and O–H groups in total. The average molecular weight is 191 g/mol. The van der Waals surface area contributed by atoms with Crippen LogP contribution in [-0.2, 0) is 6.54 Å². The summed E-state index contributed by atoms with van der Waals surface area (Å²) in [6.07, 6.45) is 1.57. The highest BCUT2D eigenvalue weighted by Gasteiger charge is 2.10. The lowest BCUT2D eigenvalue weighted by atomic mass is 10.2. The van der Waals surface area contributed by atoms with Crippen LogP contribution in [-0.4, -0.2) is 9.72 Å². The Morgan fingerprint density at radius 1 is 1.50 bits per heavy atom. The van der Waals surface area contributed by atoms with Gasteiger partial charge in [-0.1, -0.05) is 5.16 Å². The molecule has 2 aromatic rings. The van der Waals surface area contributed by atoms with Crippen molar-refractivity contribution in [2.75, 3.05) is 0 Å². The lowest BCUT2D eigenvalue weighted by Crippen LogP contribution is -2.01. The number of hydrogen-bond donors (Lipinski definition) is 1. The van der Waals surface area contributed by atoms with Crippen molar-refractivity contribution in [1.82, 2.24) is 9.72 Å². The monoisotopic (exact) mass is 191 g/mol. The van der Waals surface area contributed by atoms with Crippen LogP contribution in [0.5, 0.6) is 0 Å². The number of nitrogens with two attached hydrogens (primary N) is 1. The quantitative estimate of drug-likeness (QED) is 0.783. The van der Waals surface area contributed by atoms with Crippen LogP contribution in [0.15, 0.2) is 22.9 Å². The van der Waals surface area contributed by atoms with Gasteiger partial charge in [0.15, 0.2) is 5.82 Å². The second kappa shape index (κ2) is 3.31. The van der Waals surface area contributed by atoms with Crippen LogP contribution in [0.4, 0.5) is 0 Å². The van der Waals surface area contributed by atoms with Crippen LogP contribution in [0.2, 0.25) is 0 Å². The van der Waals surface area contributed by atoms with Crippen LogP contribution in [0, 0.1) is 13.8 Å². The normalized spacial score (nSPS) is 10.8. The minimum atomic E-state index is 0.553. The van der Waals surface area contributed by atoms with Crippen LogP contribution in [0.25, 0.3) is 5.82 Å². The standard InChI is InChI=1S/C10H13N3O/c1-7-5-9(6-11)8(2)13(7)10-3-4-14-12-10/h3-5H,6,11H2,1-2H3. The first-order chi connectivity index (χ1) is 6.74. The molecule has 0 fully saturated rings. The molecule has 0 atom stereocenters. The van der Waals surface area contributed by atoms with E-state index in [0.29, 0.717) is 6.54 Å². The topological polar surface area (TPSA) is 57.0 Å². The van der Waals surface area contributed by atoms with E-state index in [9.17, 15) is 0 Å². The number of rotatable bonds is 2. The van der Waals surface area contributed by atoms with Crippen molar-refractivity contribution in [2.45, 2.75) is 20.4 Å². The van der Waals surface area contributed by atoms with Crippen molar-refractivity contribution >= 4 is 0 Å². The highest BCUT2D eigenvalue weighted by molar-refractivity contribution is 5.35. The maximum absolute atomic E-state index is 5.63. The predicted octanol–water partition coefficient (Wildman–Crippen LogP) is 1.54. The summed E-state index contributed by atoms with van der Waals surface area (Å²) < 4.78 is 6.85. The summed E-state index contributed by atoms with van der Waals surface area (Å²) in [7, 11) is 0. The molecule has 0 radical (unpaired) electrons. The highest BCUT2D eigenvalue weighted by atomic mass is 16.5. The first kappa shape index (κ1) is 9.02. The Morgan fingerprint density at radius 3 is 2.79 bits per heavy atom. The molecule has 0 aliphatic rings. The molecule has 0 saturated carbocycles. The molecule has 0 saturated heterocycles. The molecule has 0 aliphatic heterocycles. The number of aromatic nitrogens is 2. The van der Waals surface area contributed by atoms with Crippen LogP contribution < -0.4 is 5.73 Å². The molecule has 0 bridgehead atoms. The smallest absolute Gasteiger partial charge is 0.180 e. The van der Waals surface area contributed by atoms with Gasteiger partial charge in [-0.05, 0) is 25.5 Å². The minimum absolute atomic E-state index is 0.553. The zero-order chi connectivity index (χ0) is 10.1. The van der Waals surface area contributed by atoms with Gasteiger partial charge in [-0.3, -0.25) is 0 Å². The fourth-order valence-corrected chi connectivity index (χ4v) is 1.71. The van der Waals surface area contributed by atoms with E-state index in [1.54, 1.807) is 6.26 Å². The second-order valence-electron chi connectivity index (χ2n) is 3.29. The van der Waals surface area contributed by atoms with E-state index >= 15 is 0 Å². The predicted molar refractivity (Wildman–Crippen MR) is 53.2 cm³/mol. The molecule has 0 aliphatic carbocycles. The van der Waals surface area contributed by atoms with Gasteiger partial charge in [-0.25, -0.2) is 0 Å². The van der Waals surface area contributed by atoms with Gasteiger partial charge in [0.25, 0.3) is 0 Å². The summed E-state index contributed by atoms with van der Waals surface area (Å²) >= 11 is 0. The zero-order valence-corrected chi connectivity index (χ0v) is 8.32. The summed E-state index contributed by atoms with van der Waals surface area (Å²) in [5.74, 6) is 0.805. The molecule has 14 heavy (non-hydrogen) atoms.